The van der Waals surface area contributed by atoms with E-state index in [4.69, 9.17) is 4.74 Å². The van der Waals surface area contributed by atoms with E-state index in [2.05, 4.69) is 29.2 Å². The Kier molecular flexibility index (Phi) is 5.38. The van der Waals surface area contributed by atoms with Gasteiger partial charge in [0.15, 0.2) is 0 Å². The van der Waals surface area contributed by atoms with E-state index >= 15 is 0 Å². The van der Waals surface area contributed by atoms with E-state index in [1.807, 2.05) is 40.9 Å². The van der Waals surface area contributed by atoms with Crippen molar-refractivity contribution in [1.29, 1.82) is 0 Å². The molecule has 6 heteroatoms. The average Bonchev–Trinajstić information content (AvgIpc) is 3.05. The van der Waals surface area contributed by atoms with Crippen LogP contribution in [0.2, 0.25) is 0 Å². The molecule has 1 amide bonds. The third-order valence-electron chi connectivity index (χ3n) is 4.83. The molecule has 1 aliphatic rings. The highest BCUT2D eigenvalue weighted by Gasteiger charge is 2.28. The van der Waals surface area contributed by atoms with Crippen molar-refractivity contribution in [2.75, 3.05) is 33.8 Å². The van der Waals surface area contributed by atoms with Crippen LogP contribution in [-0.2, 0) is 11.3 Å². The molecule has 0 saturated carbocycles. The topological polar surface area (TPSA) is 50.6 Å². The highest BCUT2D eigenvalue weighted by atomic mass is 16.5. The Balaban J connectivity index is 1.61. The first-order valence-corrected chi connectivity index (χ1v) is 8.69. The minimum absolute atomic E-state index is 0.194. The maximum atomic E-state index is 12.6. The molecule has 25 heavy (non-hydrogen) atoms. The summed E-state index contributed by atoms with van der Waals surface area (Å²) in [6.07, 6.45) is 2.41. The number of benzene rings is 1. The number of carbonyl (C=O) groups is 1. The van der Waals surface area contributed by atoms with Crippen molar-refractivity contribution in [3.8, 4) is 5.75 Å². The molecule has 6 nitrogen and oxygen atoms in total. The molecule has 0 aliphatic carbocycles. The number of piperazine rings is 1. The molecule has 134 valence electrons. The van der Waals surface area contributed by atoms with Crippen LogP contribution >= 0.6 is 0 Å². The smallest absolute Gasteiger partial charge is 0.224 e. The minimum atomic E-state index is 0.194. The first-order chi connectivity index (χ1) is 12.1. The van der Waals surface area contributed by atoms with Crippen LogP contribution in [0.25, 0.3) is 0 Å². The fraction of sp³-hybridized carbons (Fsp3) is 0.474. The second-order valence-electron chi connectivity index (χ2n) is 6.58. The molecule has 0 unspecified atom stereocenters. The minimum Gasteiger partial charge on any atom is -0.497 e. The SMILES string of the molecule is COc1ccc([C@@H]2CN(C(=O)CCn3ccc(C)n3)CCN2C)cc1. The van der Waals surface area contributed by atoms with Gasteiger partial charge in [-0.25, -0.2) is 0 Å². The Morgan fingerprint density at radius 3 is 2.64 bits per heavy atom. The van der Waals surface area contributed by atoms with Crippen molar-refractivity contribution in [2.24, 2.45) is 0 Å². The summed E-state index contributed by atoms with van der Waals surface area (Å²) in [4.78, 5) is 16.9. The van der Waals surface area contributed by atoms with Crippen molar-refractivity contribution in [2.45, 2.75) is 25.9 Å². The van der Waals surface area contributed by atoms with Crippen LogP contribution in [0.1, 0.15) is 23.7 Å². The van der Waals surface area contributed by atoms with Gasteiger partial charge in [0.05, 0.1) is 18.8 Å². The van der Waals surface area contributed by atoms with Gasteiger partial charge in [0.25, 0.3) is 0 Å². The number of hydrogen-bond acceptors (Lipinski definition) is 4. The molecule has 1 aromatic carbocycles. The van der Waals surface area contributed by atoms with E-state index in [9.17, 15) is 4.79 Å². The molecule has 0 N–H and O–H groups in total. The number of ether oxygens (including phenoxy) is 1. The first-order valence-electron chi connectivity index (χ1n) is 8.69. The standard InChI is InChI=1S/C19H26N4O2/c1-15-8-10-23(20-15)11-9-19(24)22-13-12-21(2)18(14-22)16-4-6-17(25-3)7-5-16/h4-8,10,18H,9,11-14H2,1-3H3/t18-/m0/s1. The van der Waals surface area contributed by atoms with Gasteiger partial charge in [0, 0.05) is 38.8 Å². The fourth-order valence-corrected chi connectivity index (χ4v) is 3.24. The Morgan fingerprint density at radius 2 is 2.00 bits per heavy atom. The predicted molar refractivity (Wildman–Crippen MR) is 96.5 cm³/mol. The summed E-state index contributed by atoms with van der Waals surface area (Å²) in [7, 11) is 3.78. The number of rotatable bonds is 5. The summed E-state index contributed by atoms with van der Waals surface area (Å²) < 4.78 is 7.07. The number of aromatic nitrogens is 2. The molecule has 1 saturated heterocycles. The summed E-state index contributed by atoms with van der Waals surface area (Å²) in [5.74, 6) is 1.05. The van der Waals surface area contributed by atoms with Crippen LogP contribution in [-0.4, -0.2) is 59.3 Å². The lowest BCUT2D eigenvalue weighted by molar-refractivity contribution is -0.134. The van der Waals surface area contributed by atoms with Gasteiger partial charge in [-0.05, 0) is 37.7 Å². The second-order valence-corrected chi connectivity index (χ2v) is 6.58. The van der Waals surface area contributed by atoms with E-state index in [-0.39, 0.29) is 11.9 Å². The zero-order chi connectivity index (χ0) is 17.8. The zero-order valence-electron chi connectivity index (χ0n) is 15.2. The Bertz CT molecular complexity index is 710. The number of amides is 1. The maximum absolute atomic E-state index is 12.6. The van der Waals surface area contributed by atoms with Crippen LogP contribution in [0.3, 0.4) is 0 Å². The number of carbonyl (C=O) groups excluding carboxylic acids is 1. The van der Waals surface area contributed by atoms with Gasteiger partial charge in [0.2, 0.25) is 5.91 Å². The lowest BCUT2D eigenvalue weighted by atomic mass is 10.0. The Morgan fingerprint density at radius 1 is 1.24 bits per heavy atom. The summed E-state index contributed by atoms with van der Waals surface area (Å²) in [5, 5.41) is 4.34. The molecule has 1 fully saturated rings. The van der Waals surface area contributed by atoms with Crippen LogP contribution in [0.5, 0.6) is 5.75 Å². The van der Waals surface area contributed by atoms with E-state index in [0.717, 1.165) is 31.1 Å². The predicted octanol–water partition coefficient (Wildman–Crippen LogP) is 2.11. The molecular formula is C19H26N4O2. The molecule has 2 heterocycles. The van der Waals surface area contributed by atoms with Gasteiger partial charge in [-0.1, -0.05) is 12.1 Å². The normalized spacial score (nSPS) is 18.4. The molecule has 1 aliphatic heterocycles. The molecule has 0 spiro atoms. The fourth-order valence-electron chi connectivity index (χ4n) is 3.24. The quantitative estimate of drug-likeness (QED) is 0.835. The van der Waals surface area contributed by atoms with Crippen LogP contribution < -0.4 is 4.74 Å². The van der Waals surface area contributed by atoms with E-state index in [1.54, 1.807) is 7.11 Å². The number of likely N-dealkylation sites (N-methyl/N-ethyl adjacent to an activating group) is 1. The molecule has 0 bridgehead atoms. The van der Waals surface area contributed by atoms with Gasteiger partial charge in [-0.2, -0.15) is 5.10 Å². The molecule has 0 radical (unpaired) electrons. The molecular weight excluding hydrogens is 316 g/mol. The van der Waals surface area contributed by atoms with Crippen LogP contribution in [0.4, 0.5) is 0 Å². The van der Waals surface area contributed by atoms with Gasteiger partial charge in [0.1, 0.15) is 5.75 Å². The highest BCUT2D eigenvalue weighted by molar-refractivity contribution is 5.76. The van der Waals surface area contributed by atoms with E-state index in [0.29, 0.717) is 13.0 Å². The summed E-state index contributed by atoms with van der Waals surface area (Å²) in [6, 6.07) is 10.3. The third kappa shape index (κ3) is 4.20. The molecule has 1 atom stereocenters. The van der Waals surface area contributed by atoms with Crippen LogP contribution in [0.15, 0.2) is 36.5 Å². The maximum Gasteiger partial charge on any atom is 0.224 e. The van der Waals surface area contributed by atoms with E-state index in [1.165, 1.54) is 5.56 Å². The molecule has 2 aromatic rings. The highest BCUT2D eigenvalue weighted by Crippen LogP contribution is 2.26. The van der Waals surface area contributed by atoms with Crippen molar-refractivity contribution in [3.05, 3.63) is 47.8 Å². The Hall–Kier alpha value is -2.34. The van der Waals surface area contributed by atoms with Gasteiger partial charge >= 0.3 is 0 Å². The zero-order valence-corrected chi connectivity index (χ0v) is 15.2. The third-order valence-corrected chi connectivity index (χ3v) is 4.83. The summed E-state index contributed by atoms with van der Waals surface area (Å²) >= 11 is 0. The largest absolute Gasteiger partial charge is 0.497 e. The average molecular weight is 342 g/mol. The molecule has 1 aromatic heterocycles. The van der Waals surface area contributed by atoms with Gasteiger partial charge in [-0.3, -0.25) is 14.4 Å². The first kappa shape index (κ1) is 17.5. The number of methoxy groups -OCH3 is 1. The lowest BCUT2D eigenvalue weighted by Crippen LogP contribution is -2.49. The van der Waals surface area contributed by atoms with Gasteiger partial charge < -0.3 is 9.64 Å². The monoisotopic (exact) mass is 342 g/mol. The summed E-state index contributed by atoms with van der Waals surface area (Å²) in [5.41, 5.74) is 2.19. The Labute approximate surface area is 149 Å². The van der Waals surface area contributed by atoms with Crippen LogP contribution in [0, 0.1) is 6.92 Å². The second kappa shape index (κ2) is 7.70. The van der Waals surface area contributed by atoms with Crippen molar-refractivity contribution >= 4 is 5.91 Å². The van der Waals surface area contributed by atoms with E-state index < -0.39 is 0 Å². The van der Waals surface area contributed by atoms with Crippen molar-refractivity contribution in [3.63, 3.8) is 0 Å². The number of nitrogens with zero attached hydrogens (tertiary/aromatic N) is 4. The van der Waals surface area contributed by atoms with Crippen molar-refractivity contribution in [1.82, 2.24) is 19.6 Å². The lowest BCUT2D eigenvalue weighted by Gasteiger charge is -2.39. The van der Waals surface area contributed by atoms with Gasteiger partial charge in [-0.15, -0.1) is 0 Å². The molecule has 3 rings (SSSR count). The van der Waals surface area contributed by atoms with Crippen molar-refractivity contribution < 1.29 is 9.53 Å². The number of hydrogen-bond donors (Lipinski definition) is 0. The summed E-state index contributed by atoms with van der Waals surface area (Å²) in [6.45, 7) is 4.97. The number of aryl methyl sites for hydroxylation is 2.